The summed E-state index contributed by atoms with van der Waals surface area (Å²) in [5, 5.41) is 2.88. The van der Waals surface area contributed by atoms with Crippen molar-refractivity contribution < 1.29 is 23.0 Å². The first kappa shape index (κ1) is 23.9. The first-order chi connectivity index (χ1) is 14.4. The van der Waals surface area contributed by atoms with E-state index in [-0.39, 0.29) is 19.3 Å². The number of allylic oxidation sites excluding steroid dienone is 4. The lowest BCUT2D eigenvalue weighted by Gasteiger charge is -2.21. The Bertz CT molecular complexity index is 873. The molecule has 2 rings (SSSR count). The third kappa shape index (κ3) is 6.56. The highest BCUT2D eigenvalue weighted by Crippen LogP contribution is 2.39. The standard InChI is InChI=1S/C19H26FN4O5P/c1-4-6-13(3)16(5-2)29-30(22-9-10-25)27-12-14-7-8-17(28-14)24-11-15(20)18(21)23-19(24)26/h4-6,10-11,14,17,22H,2,7-9,12H2,1,3H3,(H2,21,23,26)/b6-4-,16-13-. The number of nitrogens with two attached hydrogens (primary N) is 1. The van der Waals surface area contributed by atoms with Gasteiger partial charge in [0, 0.05) is 0 Å². The van der Waals surface area contributed by atoms with Gasteiger partial charge in [0.2, 0.25) is 0 Å². The molecule has 0 aliphatic carbocycles. The SMILES string of the molecule is C=C/C(OP(NCC=O)OCC1CCC(n2cc(F)c(N)nc2=O)O1)=C(C)/C=C\C. The maximum atomic E-state index is 13.7. The number of hydrogen-bond acceptors (Lipinski definition) is 8. The Kier molecular flexibility index (Phi) is 9.32. The van der Waals surface area contributed by atoms with E-state index in [1.165, 1.54) is 0 Å². The molecule has 1 saturated heterocycles. The number of aldehydes is 1. The second-order valence-electron chi connectivity index (χ2n) is 6.38. The normalized spacial score (nSPS) is 20.8. The van der Waals surface area contributed by atoms with Crippen molar-refractivity contribution in [1.29, 1.82) is 0 Å². The van der Waals surface area contributed by atoms with Crippen molar-refractivity contribution in [2.75, 3.05) is 18.9 Å². The Labute approximate surface area is 175 Å². The summed E-state index contributed by atoms with van der Waals surface area (Å²) in [6, 6.07) is 0. The maximum Gasteiger partial charge on any atom is 0.351 e. The number of rotatable bonds is 11. The van der Waals surface area contributed by atoms with Gasteiger partial charge in [-0.15, -0.1) is 0 Å². The third-order valence-corrected chi connectivity index (χ3v) is 5.37. The van der Waals surface area contributed by atoms with Gasteiger partial charge in [0.1, 0.15) is 18.3 Å². The molecule has 1 aliphatic rings. The zero-order valence-corrected chi connectivity index (χ0v) is 17.8. The van der Waals surface area contributed by atoms with E-state index >= 15 is 0 Å². The minimum Gasteiger partial charge on any atom is -0.436 e. The van der Waals surface area contributed by atoms with Gasteiger partial charge in [0.15, 0.2) is 11.6 Å². The number of aromatic nitrogens is 2. The first-order valence-electron chi connectivity index (χ1n) is 9.33. The van der Waals surface area contributed by atoms with Crippen LogP contribution in [0.5, 0.6) is 0 Å². The van der Waals surface area contributed by atoms with Gasteiger partial charge in [-0.25, -0.2) is 14.3 Å². The van der Waals surface area contributed by atoms with Crippen LogP contribution in [0.1, 0.15) is 32.9 Å². The van der Waals surface area contributed by atoms with Gasteiger partial charge in [-0.1, -0.05) is 18.7 Å². The Hall–Kier alpha value is -2.39. The van der Waals surface area contributed by atoms with Gasteiger partial charge < -0.3 is 24.3 Å². The van der Waals surface area contributed by atoms with Gasteiger partial charge in [-0.3, -0.25) is 4.57 Å². The molecule has 1 aromatic heterocycles. The van der Waals surface area contributed by atoms with Crippen molar-refractivity contribution in [2.24, 2.45) is 0 Å². The molecule has 3 atom stereocenters. The molecule has 3 unspecified atom stereocenters. The van der Waals surface area contributed by atoms with Crippen LogP contribution in [0, 0.1) is 5.82 Å². The van der Waals surface area contributed by atoms with E-state index in [1.54, 1.807) is 6.08 Å². The molecule has 1 fully saturated rings. The predicted octanol–water partition coefficient (Wildman–Crippen LogP) is 2.73. The van der Waals surface area contributed by atoms with Gasteiger partial charge in [-0.05, 0) is 38.3 Å². The lowest BCUT2D eigenvalue weighted by molar-refractivity contribution is -0.107. The smallest absolute Gasteiger partial charge is 0.351 e. The van der Waals surface area contributed by atoms with Gasteiger partial charge in [0.05, 0.1) is 25.5 Å². The van der Waals surface area contributed by atoms with Gasteiger partial charge in [0.25, 0.3) is 0 Å². The number of nitrogen functional groups attached to an aromatic ring is 1. The van der Waals surface area contributed by atoms with E-state index in [0.717, 1.165) is 16.3 Å². The molecule has 164 valence electrons. The van der Waals surface area contributed by atoms with Gasteiger partial charge >= 0.3 is 14.2 Å². The van der Waals surface area contributed by atoms with Crippen LogP contribution < -0.4 is 16.5 Å². The summed E-state index contributed by atoms with van der Waals surface area (Å²) in [5.41, 5.74) is 5.48. The van der Waals surface area contributed by atoms with Gasteiger partial charge in [-0.2, -0.15) is 4.98 Å². The summed E-state index contributed by atoms with van der Waals surface area (Å²) >= 11 is 0. The van der Waals surface area contributed by atoms with Crippen molar-refractivity contribution >= 4 is 20.6 Å². The van der Waals surface area contributed by atoms with E-state index in [1.807, 2.05) is 26.0 Å². The lowest BCUT2D eigenvalue weighted by atomic mass is 10.2. The van der Waals surface area contributed by atoms with Crippen LogP contribution in [0.25, 0.3) is 0 Å². The fraction of sp³-hybridized carbons (Fsp3) is 0.421. The number of carbonyl (C=O) groups is 1. The van der Waals surface area contributed by atoms with E-state index < -0.39 is 32.1 Å². The second-order valence-corrected chi connectivity index (χ2v) is 7.65. The van der Waals surface area contributed by atoms with E-state index in [9.17, 15) is 14.0 Å². The summed E-state index contributed by atoms with van der Waals surface area (Å²) < 4.78 is 32.2. The number of carbonyl (C=O) groups excluding carboxylic acids is 1. The summed E-state index contributed by atoms with van der Waals surface area (Å²) in [4.78, 5) is 26.1. The van der Waals surface area contributed by atoms with Crippen LogP contribution in [0.2, 0.25) is 0 Å². The molecule has 0 aromatic carbocycles. The number of anilines is 1. The molecule has 11 heteroatoms. The number of nitrogens with zero attached hydrogens (tertiary/aromatic N) is 2. The Morgan fingerprint density at radius 3 is 3.00 bits per heavy atom. The van der Waals surface area contributed by atoms with Crippen LogP contribution in [0.4, 0.5) is 10.2 Å². The highest BCUT2D eigenvalue weighted by atomic mass is 31.2. The largest absolute Gasteiger partial charge is 0.436 e. The average molecular weight is 440 g/mol. The van der Waals surface area contributed by atoms with Crippen molar-refractivity contribution in [3.8, 4) is 0 Å². The minimum absolute atomic E-state index is 0.0543. The predicted molar refractivity (Wildman–Crippen MR) is 112 cm³/mol. The van der Waals surface area contributed by atoms with Crippen LogP contribution >= 0.6 is 8.53 Å². The quantitative estimate of drug-likeness (QED) is 0.233. The summed E-state index contributed by atoms with van der Waals surface area (Å²) in [7, 11) is -1.64. The number of nitrogens with one attached hydrogen (secondary N) is 1. The fourth-order valence-electron chi connectivity index (χ4n) is 2.74. The summed E-state index contributed by atoms with van der Waals surface area (Å²) in [5.74, 6) is -0.705. The monoisotopic (exact) mass is 440 g/mol. The van der Waals surface area contributed by atoms with Crippen molar-refractivity contribution in [2.45, 2.75) is 39.0 Å². The molecule has 1 aromatic rings. The summed E-state index contributed by atoms with van der Waals surface area (Å²) in [6.45, 7) is 7.70. The summed E-state index contributed by atoms with van der Waals surface area (Å²) in [6.07, 6.45) is 7.06. The second kappa shape index (κ2) is 11.7. The third-order valence-electron chi connectivity index (χ3n) is 4.18. The van der Waals surface area contributed by atoms with E-state index in [4.69, 9.17) is 19.5 Å². The molecular weight excluding hydrogens is 414 g/mol. The van der Waals surface area contributed by atoms with E-state index in [0.29, 0.717) is 24.9 Å². The van der Waals surface area contributed by atoms with E-state index in [2.05, 4.69) is 16.7 Å². The molecular formula is C19H26FN4O5P. The van der Waals surface area contributed by atoms with Crippen LogP contribution in [-0.4, -0.2) is 35.1 Å². The molecule has 30 heavy (non-hydrogen) atoms. The highest BCUT2D eigenvalue weighted by molar-refractivity contribution is 7.45. The van der Waals surface area contributed by atoms with Crippen molar-refractivity contribution in [3.63, 3.8) is 0 Å². The van der Waals surface area contributed by atoms with Crippen LogP contribution in [-0.2, 0) is 18.6 Å². The Balaban J connectivity index is 2.00. The molecule has 2 heterocycles. The first-order valence-corrected chi connectivity index (χ1v) is 10.5. The number of hydrogen-bond donors (Lipinski definition) is 2. The zero-order chi connectivity index (χ0) is 22.1. The minimum atomic E-state index is -1.64. The topological polar surface area (TPSA) is 118 Å². The Morgan fingerprint density at radius 2 is 2.33 bits per heavy atom. The molecule has 0 bridgehead atoms. The fourth-order valence-corrected chi connectivity index (χ4v) is 3.87. The highest BCUT2D eigenvalue weighted by Gasteiger charge is 2.29. The Morgan fingerprint density at radius 1 is 1.57 bits per heavy atom. The maximum absolute atomic E-state index is 13.7. The zero-order valence-electron chi connectivity index (χ0n) is 16.9. The molecule has 0 saturated carbocycles. The average Bonchev–Trinajstić information content (AvgIpc) is 3.19. The number of halogens is 1. The van der Waals surface area contributed by atoms with Crippen molar-refractivity contribution in [1.82, 2.24) is 14.6 Å². The molecule has 0 spiro atoms. The molecule has 9 nitrogen and oxygen atoms in total. The lowest BCUT2D eigenvalue weighted by Crippen LogP contribution is -2.29. The van der Waals surface area contributed by atoms with Crippen molar-refractivity contribution in [3.05, 3.63) is 58.6 Å². The molecule has 1 aliphatic heterocycles. The molecule has 0 amide bonds. The number of ether oxygens (including phenoxy) is 1. The van der Waals surface area contributed by atoms with Crippen LogP contribution in [0.3, 0.4) is 0 Å². The molecule has 0 radical (unpaired) electrons. The van der Waals surface area contributed by atoms with Crippen LogP contribution in [0.15, 0.2) is 47.1 Å². The molecule has 3 N–H and O–H groups in total.